The molecule has 3 rings (SSSR count). The van der Waals surface area contributed by atoms with Crippen LogP contribution in [0.15, 0.2) is 18.2 Å². The van der Waals surface area contributed by atoms with E-state index in [1.807, 2.05) is 6.07 Å². The standard InChI is InChI=1S/C14H14N2O2S/c1-8-12(14(17)18)19-13(15-8)10-3-4-11-9(7-10)5-6-16(11)2/h3-4,7H,5-6H2,1-2H3,(H,17,18). The van der Waals surface area contributed by atoms with Crippen molar-refractivity contribution < 1.29 is 9.90 Å². The van der Waals surface area contributed by atoms with Crippen molar-refractivity contribution in [3.05, 3.63) is 34.3 Å². The Morgan fingerprint density at radius 2 is 2.26 bits per heavy atom. The fraction of sp³-hybridized carbons (Fsp3) is 0.286. The normalized spacial score (nSPS) is 13.7. The molecular weight excluding hydrogens is 260 g/mol. The molecule has 19 heavy (non-hydrogen) atoms. The van der Waals surface area contributed by atoms with Gasteiger partial charge < -0.3 is 10.0 Å². The average molecular weight is 274 g/mol. The van der Waals surface area contributed by atoms with Gasteiger partial charge in [-0.05, 0) is 37.1 Å². The smallest absolute Gasteiger partial charge is 0.347 e. The molecule has 0 spiro atoms. The molecule has 0 atom stereocenters. The summed E-state index contributed by atoms with van der Waals surface area (Å²) in [6, 6.07) is 6.24. The van der Waals surface area contributed by atoms with Crippen molar-refractivity contribution in [2.75, 3.05) is 18.5 Å². The summed E-state index contributed by atoms with van der Waals surface area (Å²) < 4.78 is 0. The number of carboxylic acid groups (broad SMARTS) is 1. The van der Waals surface area contributed by atoms with E-state index in [0.717, 1.165) is 23.5 Å². The van der Waals surface area contributed by atoms with E-state index in [2.05, 4.69) is 29.1 Å². The van der Waals surface area contributed by atoms with Gasteiger partial charge in [-0.25, -0.2) is 9.78 Å². The molecule has 0 amide bonds. The fourth-order valence-corrected chi connectivity index (χ4v) is 3.32. The maximum atomic E-state index is 11.1. The minimum Gasteiger partial charge on any atom is -0.477 e. The zero-order chi connectivity index (χ0) is 13.6. The maximum absolute atomic E-state index is 11.1. The van der Waals surface area contributed by atoms with E-state index in [1.54, 1.807) is 6.92 Å². The zero-order valence-corrected chi connectivity index (χ0v) is 11.6. The highest BCUT2D eigenvalue weighted by atomic mass is 32.1. The van der Waals surface area contributed by atoms with Crippen LogP contribution in [0.5, 0.6) is 0 Å². The first-order valence-corrected chi connectivity index (χ1v) is 6.93. The summed E-state index contributed by atoms with van der Waals surface area (Å²) in [6.45, 7) is 2.78. The maximum Gasteiger partial charge on any atom is 0.347 e. The van der Waals surface area contributed by atoms with Gasteiger partial charge in [-0.1, -0.05) is 0 Å². The van der Waals surface area contributed by atoms with Gasteiger partial charge in [0.2, 0.25) is 0 Å². The van der Waals surface area contributed by atoms with Crippen molar-refractivity contribution in [2.24, 2.45) is 0 Å². The Bertz CT molecular complexity index is 663. The lowest BCUT2D eigenvalue weighted by molar-refractivity contribution is 0.0701. The minimum atomic E-state index is -0.901. The Labute approximate surface area is 115 Å². The highest BCUT2D eigenvalue weighted by Crippen LogP contribution is 2.33. The highest BCUT2D eigenvalue weighted by Gasteiger charge is 2.19. The number of hydrogen-bond acceptors (Lipinski definition) is 4. The van der Waals surface area contributed by atoms with E-state index in [4.69, 9.17) is 5.11 Å². The molecule has 0 fully saturated rings. The summed E-state index contributed by atoms with van der Waals surface area (Å²) in [5, 5.41) is 9.86. The molecule has 1 aromatic carbocycles. The van der Waals surface area contributed by atoms with Crippen LogP contribution >= 0.6 is 11.3 Å². The summed E-state index contributed by atoms with van der Waals surface area (Å²) in [4.78, 5) is 18.0. The summed E-state index contributed by atoms with van der Waals surface area (Å²) in [5.41, 5.74) is 4.17. The quantitative estimate of drug-likeness (QED) is 0.915. The molecule has 0 saturated carbocycles. The topological polar surface area (TPSA) is 53.4 Å². The lowest BCUT2D eigenvalue weighted by Gasteiger charge is -2.11. The van der Waals surface area contributed by atoms with Gasteiger partial charge in [0.1, 0.15) is 9.88 Å². The van der Waals surface area contributed by atoms with Gasteiger partial charge in [-0.3, -0.25) is 0 Å². The molecule has 0 aliphatic carbocycles. The monoisotopic (exact) mass is 274 g/mol. The summed E-state index contributed by atoms with van der Waals surface area (Å²) >= 11 is 1.24. The highest BCUT2D eigenvalue weighted by molar-refractivity contribution is 7.17. The molecule has 1 aromatic heterocycles. The number of aromatic carboxylic acids is 1. The van der Waals surface area contributed by atoms with Crippen LogP contribution in [0.2, 0.25) is 0 Å². The Balaban J connectivity index is 2.04. The molecule has 0 bridgehead atoms. The van der Waals surface area contributed by atoms with Crippen molar-refractivity contribution >= 4 is 23.0 Å². The van der Waals surface area contributed by atoms with Crippen LogP contribution in [0.3, 0.4) is 0 Å². The van der Waals surface area contributed by atoms with Gasteiger partial charge in [0.25, 0.3) is 0 Å². The molecule has 2 heterocycles. The number of carboxylic acids is 1. The number of hydrogen-bond donors (Lipinski definition) is 1. The SMILES string of the molecule is Cc1nc(-c2ccc3c(c2)CCN3C)sc1C(=O)O. The predicted molar refractivity (Wildman–Crippen MR) is 76.2 cm³/mol. The number of rotatable bonds is 2. The van der Waals surface area contributed by atoms with Crippen LogP contribution in [0.4, 0.5) is 5.69 Å². The third-order valence-corrected chi connectivity index (χ3v) is 4.64. The number of thiazole rings is 1. The van der Waals surface area contributed by atoms with Crippen LogP contribution in [0.25, 0.3) is 10.6 Å². The van der Waals surface area contributed by atoms with Crippen LogP contribution in [0.1, 0.15) is 20.9 Å². The molecule has 1 aliphatic rings. The number of aryl methyl sites for hydroxylation is 1. The molecule has 1 N–H and O–H groups in total. The minimum absolute atomic E-state index is 0.326. The number of anilines is 1. The summed E-state index contributed by atoms with van der Waals surface area (Å²) in [5.74, 6) is -0.901. The Hall–Kier alpha value is -1.88. The third kappa shape index (κ3) is 2.00. The first-order chi connectivity index (χ1) is 9.06. The van der Waals surface area contributed by atoms with Crippen molar-refractivity contribution in [3.8, 4) is 10.6 Å². The Morgan fingerprint density at radius 1 is 1.47 bits per heavy atom. The third-order valence-electron chi connectivity index (χ3n) is 3.45. The van der Waals surface area contributed by atoms with Crippen molar-refractivity contribution in [3.63, 3.8) is 0 Å². The molecule has 2 aromatic rings. The average Bonchev–Trinajstić information content (AvgIpc) is 2.93. The first kappa shape index (κ1) is 12.2. The van der Waals surface area contributed by atoms with Crippen molar-refractivity contribution in [1.82, 2.24) is 4.98 Å². The molecule has 0 unspecified atom stereocenters. The van der Waals surface area contributed by atoms with Crippen molar-refractivity contribution in [1.29, 1.82) is 0 Å². The number of likely N-dealkylation sites (N-methyl/N-ethyl adjacent to an activating group) is 1. The Kier molecular flexibility index (Phi) is 2.78. The second-order valence-corrected chi connectivity index (χ2v) is 5.75. The van der Waals surface area contributed by atoms with Gasteiger partial charge in [0, 0.05) is 24.8 Å². The molecule has 0 saturated heterocycles. The van der Waals surface area contributed by atoms with E-state index in [0.29, 0.717) is 10.6 Å². The van der Waals surface area contributed by atoms with E-state index >= 15 is 0 Å². The lowest BCUT2D eigenvalue weighted by atomic mass is 10.1. The second kappa shape index (κ2) is 4.35. The fourth-order valence-electron chi connectivity index (χ4n) is 2.42. The van der Waals surface area contributed by atoms with Crippen molar-refractivity contribution in [2.45, 2.75) is 13.3 Å². The second-order valence-electron chi connectivity index (χ2n) is 4.75. The molecule has 4 nitrogen and oxygen atoms in total. The van der Waals surface area contributed by atoms with Gasteiger partial charge in [0.15, 0.2) is 0 Å². The number of carbonyl (C=O) groups is 1. The molecule has 0 radical (unpaired) electrons. The molecule has 1 aliphatic heterocycles. The molecule has 5 heteroatoms. The van der Waals surface area contributed by atoms with E-state index in [1.165, 1.54) is 22.6 Å². The molecule has 98 valence electrons. The first-order valence-electron chi connectivity index (χ1n) is 6.11. The summed E-state index contributed by atoms with van der Waals surface area (Å²) in [7, 11) is 2.08. The number of nitrogens with zero attached hydrogens (tertiary/aromatic N) is 2. The lowest BCUT2D eigenvalue weighted by Crippen LogP contribution is -2.12. The van der Waals surface area contributed by atoms with Gasteiger partial charge >= 0.3 is 5.97 Å². The zero-order valence-electron chi connectivity index (χ0n) is 10.8. The van der Waals surface area contributed by atoms with E-state index < -0.39 is 5.97 Å². The van der Waals surface area contributed by atoms with Crippen LogP contribution in [-0.2, 0) is 6.42 Å². The molecular formula is C14H14N2O2S. The van der Waals surface area contributed by atoms with Gasteiger partial charge in [-0.2, -0.15) is 0 Å². The van der Waals surface area contributed by atoms with E-state index in [-0.39, 0.29) is 0 Å². The van der Waals surface area contributed by atoms with Gasteiger partial charge in [-0.15, -0.1) is 11.3 Å². The van der Waals surface area contributed by atoms with Crippen LogP contribution in [-0.4, -0.2) is 29.7 Å². The predicted octanol–water partition coefficient (Wildman–Crippen LogP) is 2.81. The van der Waals surface area contributed by atoms with Gasteiger partial charge in [0.05, 0.1) is 5.69 Å². The van der Waals surface area contributed by atoms with Crippen LogP contribution in [0, 0.1) is 6.92 Å². The van der Waals surface area contributed by atoms with Crippen LogP contribution < -0.4 is 4.90 Å². The Morgan fingerprint density at radius 3 is 2.95 bits per heavy atom. The number of aromatic nitrogens is 1. The number of benzene rings is 1. The summed E-state index contributed by atoms with van der Waals surface area (Å²) in [6.07, 6.45) is 1.04. The largest absolute Gasteiger partial charge is 0.477 e. The number of fused-ring (bicyclic) bond motifs is 1. The van der Waals surface area contributed by atoms with E-state index in [9.17, 15) is 4.79 Å².